The van der Waals surface area contributed by atoms with Crippen molar-refractivity contribution in [3.8, 4) is 5.75 Å². The lowest BCUT2D eigenvalue weighted by Gasteiger charge is -2.26. The van der Waals surface area contributed by atoms with Crippen LogP contribution in [0.15, 0.2) is 24.3 Å². The second-order valence-electron chi connectivity index (χ2n) is 3.90. The van der Waals surface area contributed by atoms with Gasteiger partial charge in [0, 0.05) is 6.04 Å². The zero-order chi connectivity index (χ0) is 10.7. The number of benzene rings is 1. The first-order valence-electron chi connectivity index (χ1n) is 5.31. The topological polar surface area (TPSA) is 21.3 Å². The maximum Gasteiger partial charge on any atom is 0.119 e. The van der Waals surface area contributed by atoms with Crippen molar-refractivity contribution >= 4 is 12.4 Å². The quantitative estimate of drug-likeness (QED) is 0.865. The number of hydrogen-bond acceptors (Lipinski definition) is 2. The van der Waals surface area contributed by atoms with E-state index in [1.54, 1.807) is 7.11 Å². The number of alkyl halides is 1. The highest BCUT2D eigenvalue weighted by Gasteiger charge is 2.22. The summed E-state index contributed by atoms with van der Waals surface area (Å²) in [5.41, 5.74) is 1.11. The summed E-state index contributed by atoms with van der Waals surface area (Å²) in [7, 11) is 1.64. The molecule has 0 radical (unpaired) electrons. The smallest absolute Gasteiger partial charge is 0.119 e. The first-order valence-corrected chi connectivity index (χ1v) is 5.31. The molecule has 0 amide bonds. The molecule has 1 aromatic carbocycles. The van der Waals surface area contributed by atoms with Gasteiger partial charge in [-0.3, -0.25) is 0 Å². The molecule has 16 heavy (non-hydrogen) atoms. The van der Waals surface area contributed by atoms with E-state index in [9.17, 15) is 4.39 Å². The van der Waals surface area contributed by atoms with Gasteiger partial charge in [0.05, 0.1) is 7.11 Å². The van der Waals surface area contributed by atoms with Crippen molar-refractivity contribution in [2.45, 2.75) is 25.1 Å². The fraction of sp³-hybridized carbons (Fsp3) is 0.500. The summed E-state index contributed by atoms with van der Waals surface area (Å²) in [5, 5.41) is 3.32. The van der Waals surface area contributed by atoms with Crippen molar-refractivity contribution in [2.24, 2.45) is 0 Å². The number of hydrogen-bond donors (Lipinski definition) is 1. The van der Waals surface area contributed by atoms with E-state index in [1.165, 1.54) is 0 Å². The number of methoxy groups -OCH3 is 1. The van der Waals surface area contributed by atoms with Crippen LogP contribution in [0.3, 0.4) is 0 Å². The standard InChI is InChI=1S/C12H16FNO.ClH/c1-15-11-4-2-3-9(7-11)12-8-10(13)5-6-14-12;/h2-4,7,10,12,14H,5-6,8H2,1H3;1H. The Morgan fingerprint density at radius 1 is 1.44 bits per heavy atom. The zero-order valence-corrected chi connectivity index (χ0v) is 10.1. The van der Waals surface area contributed by atoms with Crippen molar-refractivity contribution in [1.82, 2.24) is 5.32 Å². The van der Waals surface area contributed by atoms with Gasteiger partial charge in [0.15, 0.2) is 0 Å². The van der Waals surface area contributed by atoms with Crippen molar-refractivity contribution in [3.63, 3.8) is 0 Å². The van der Waals surface area contributed by atoms with Gasteiger partial charge in [-0.05, 0) is 37.1 Å². The molecular formula is C12H17ClFNO. The summed E-state index contributed by atoms with van der Waals surface area (Å²) < 4.78 is 18.4. The molecule has 1 fully saturated rings. The molecule has 1 heterocycles. The maximum atomic E-state index is 13.2. The molecule has 0 saturated carbocycles. The molecule has 2 nitrogen and oxygen atoms in total. The van der Waals surface area contributed by atoms with Crippen LogP contribution in [-0.2, 0) is 0 Å². The summed E-state index contributed by atoms with van der Waals surface area (Å²) in [6, 6.07) is 7.95. The highest BCUT2D eigenvalue weighted by molar-refractivity contribution is 5.85. The van der Waals surface area contributed by atoms with Crippen molar-refractivity contribution in [2.75, 3.05) is 13.7 Å². The number of ether oxygens (including phenoxy) is 1. The van der Waals surface area contributed by atoms with E-state index in [4.69, 9.17) is 4.74 Å². The Kier molecular flexibility index (Phi) is 5.03. The van der Waals surface area contributed by atoms with Crippen LogP contribution in [0.2, 0.25) is 0 Å². The van der Waals surface area contributed by atoms with E-state index in [2.05, 4.69) is 5.32 Å². The fourth-order valence-corrected chi connectivity index (χ4v) is 1.98. The van der Waals surface area contributed by atoms with E-state index in [0.717, 1.165) is 17.9 Å². The highest BCUT2D eigenvalue weighted by Crippen LogP contribution is 2.27. The Bertz CT molecular complexity index is 335. The van der Waals surface area contributed by atoms with Crippen LogP contribution >= 0.6 is 12.4 Å². The monoisotopic (exact) mass is 245 g/mol. The molecule has 0 aromatic heterocycles. The van der Waals surface area contributed by atoms with Gasteiger partial charge in [0.2, 0.25) is 0 Å². The van der Waals surface area contributed by atoms with E-state index in [-0.39, 0.29) is 18.4 Å². The van der Waals surface area contributed by atoms with Crippen LogP contribution in [0.5, 0.6) is 5.75 Å². The normalized spacial score (nSPS) is 24.6. The van der Waals surface area contributed by atoms with E-state index in [0.29, 0.717) is 12.8 Å². The Morgan fingerprint density at radius 2 is 2.25 bits per heavy atom. The van der Waals surface area contributed by atoms with Crippen LogP contribution in [0, 0.1) is 0 Å². The van der Waals surface area contributed by atoms with Gasteiger partial charge in [-0.2, -0.15) is 0 Å². The molecule has 1 aromatic rings. The highest BCUT2D eigenvalue weighted by atomic mass is 35.5. The van der Waals surface area contributed by atoms with Crippen molar-refractivity contribution in [1.29, 1.82) is 0 Å². The summed E-state index contributed by atoms with van der Waals surface area (Å²) in [6.45, 7) is 0.753. The molecule has 2 atom stereocenters. The Hall–Kier alpha value is -0.800. The van der Waals surface area contributed by atoms with Crippen molar-refractivity contribution < 1.29 is 9.13 Å². The predicted molar refractivity (Wildman–Crippen MR) is 65.1 cm³/mol. The maximum absolute atomic E-state index is 13.2. The largest absolute Gasteiger partial charge is 0.497 e. The van der Waals surface area contributed by atoms with Crippen LogP contribution in [0.1, 0.15) is 24.4 Å². The van der Waals surface area contributed by atoms with Gasteiger partial charge in [-0.1, -0.05) is 12.1 Å². The lowest BCUT2D eigenvalue weighted by Crippen LogP contribution is -2.32. The number of halogens is 2. The second-order valence-corrected chi connectivity index (χ2v) is 3.90. The molecule has 1 aliphatic rings. The fourth-order valence-electron chi connectivity index (χ4n) is 1.98. The molecular weight excluding hydrogens is 229 g/mol. The predicted octanol–water partition coefficient (Wildman–Crippen LogP) is 2.88. The average Bonchev–Trinajstić information content (AvgIpc) is 2.29. The Morgan fingerprint density at radius 3 is 2.94 bits per heavy atom. The van der Waals surface area contributed by atoms with Gasteiger partial charge in [-0.15, -0.1) is 12.4 Å². The SMILES string of the molecule is COc1cccc(C2CC(F)CCN2)c1.Cl. The third kappa shape index (κ3) is 3.09. The molecule has 2 unspecified atom stereocenters. The summed E-state index contributed by atoms with van der Waals surface area (Å²) >= 11 is 0. The zero-order valence-electron chi connectivity index (χ0n) is 9.28. The third-order valence-corrected chi connectivity index (χ3v) is 2.84. The summed E-state index contributed by atoms with van der Waals surface area (Å²) in [6.07, 6.45) is 0.510. The average molecular weight is 246 g/mol. The van der Waals surface area contributed by atoms with E-state index in [1.807, 2.05) is 24.3 Å². The minimum atomic E-state index is -0.678. The molecule has 1 aliphatic heterocycles. The summed E-state index contributed by atoms with van der Waals surface area (Å²) in [4.78, 5) is 0. The van der Waals surface area contributed by atoms with Gasteiger partial charge in [0.25, 0.3) is 0 Å². The molecule has 1 saturated heterocycles. The van der Waals surface area contributed by atoms with Crippen LogP contribution in [-0.4, -0.2) is 19.8 Å². The van der Waals surface area contributed by atoms with Crippen LogP contribution in [0.4, 0.5) is 4.39 Å². The van der Waals surface area contributed by atoms with E-state index >= 15 is 0 Å². The number of rotatable bonds is 2. The minimum Gasteiger partial charge on any atom is -0.497 e. The second kappa shape index (κ2) is 6.06. The van der Waals surface area contributed by atoms with Crippen LogP contribution < -0.4 is 10.1 Å². The third-order valence-electron chi connectivity index (χ3n) is 2.84. The number of nitrogens with one attached hydrogen (secondary N) is 1. The molecule has 0 aliphatic carbocycles. The minimum absolute atomic E-state index is 0. The Balaban J connectivity index is 0.00000128. The van der Waals surface area contributed by atoms with Gasteiger partial charge in [-0.25, -0.2) is 4.39 Å². The Labute approximate surface area is 102 Å². The molecule has 0 bridgehead atoms. The first kappa shape index (κ1) is 13.3. The molecule has 90 valence electrons. The lowest BCUT2D eigenvalue weighted by molar-refractivity contribution is 0.224. The van der Waals surface area contributed by atoms with Crippen LogP contribution in [0.25, 0.3) is 0 Å². The summed E-state index contributed by atoms with van der Waals surface area (Å²) in [5.74, 6) is 0.829. The van der Waals surface area contributed by atoms with Gasteiger partial charge in [0.1, 0.15) is 11.9 Å². The first-order chi connectivity index (χ1) is 7.29. The van der Waals surface area contributed by atoms with E-state index < -0.39 is 6.17 Å². The molecule has 1 N–H and O–H groups in total. The number of piperidine rings is 1. The van der Waals surface area contributed by atoms with Crippen molar-refractivity contribution in [3.05, 3.63) is 29.8 Å². The molecule has 0 spiro atoms. The molecule has 2 rings (SSSR count). The van der Waals surface area contributed by atoms with Gasteiger partial charge < -0.3 is 10.1 Å². The lowest BCUT2D eigenvalue weighted by atomic mass is 9.96. The molecule has 4 heteroatoms. The van der Waals surface area contributed by atoms with Gasteiger partial charge >= 0.3 is 0 Å².